The molecule has 0 bridgehead atoms. The Morgan fingerprint density at radius 2 is 2.06 bits per heavy atom. The van der Waals surface area contributed by atoms with Gasteiger partial charge in [-0.25, -0.2) is 4.52 Å². The van der Waals surface area contributed by atoms with Crippen LogP contribution < -0.4 is 15.8 Å². The van der Waals surface area contributed by atoms with Crippen LogP contribution in [-0.4, -0.2) is 69.9 Å². The van der Waals surface area contributed by atoms with Gasteiger partial charge in [0.05, 0.1) is 17.9 Å². The van der Waals surface area contributed by atoms with Gasteiger partial charge in [-0.05, 0) is 38.0 Å². The van der Waals surface area contributed by atoms with Crippen molar-refractivity contribution in [2.24, 2.45) is 4.99 Å². The lowest BCUT2D eigenvalue weighted by Gasteiger charge is -2.20. The number of aliphatic hydroxyl groups is 1. The Bertz CT molecular complexity index is 1300. The molecule has 10 heteroatoms. The average Bonchev–Trinajstić information content (AvgIpc) is 3.33. The lowest BCUT2D eigenvalue weighted by molar-refractivity contribution is -0.114. The van der Waals surface area contributed by atoms with E-state index < -0.39 is 6.10 Å². The number of aromatic nitrogens is 2. The Morgan fingerprint density at radius 1 is 1.29 bits per heavy atom. The highest BCUT2D eigenvalue weighted by Crippen LogP contribution is 2.33. The zero-order valence-corrected chi connectivity index (χ0v) is 19.6. The number of anilines is 1. The molecular formula is C24H28N6O4. The molecule has 2 amide bonds. The third kappa shape index (κ3) is 4.08. The molecule has 178 valence electrons. The van der Waals surface area contributed by atoms with Gasteiger partial charge >= 0.3 is 0 Å². The Labute approximate surface area is 197 Å². The van der Waals surface area contributed by atoms with Crippen molar-refractivity contribution in [1.29, 1.82) is 0 Å². The van der Waals surface area contributed by atoms with Gasteiger partial charge < -0.3 is 25.8 Å². The van der Waals surface area contributed by atoms with E-state index in [0.717, 1.165) is 5.56 Å². The molecule has 1 saturated heterocycles. The van der Waals surface area contributed by atoms with Crippen molar-refractivity contribution in [1.82, 2.24) is 19.8 Å². The summed E-state index contributed by atoms with van der Waals surface area (Å²) in [5, 5.41) is 16.8. The largest absolute Gasteiger partial charge is 0.455 e. The zero-order valence-electron chi connectivity index (χ0n) is 19.6. The average molecular weight is 465 g/mol. The molecule has 1 aromatic carbocycles. The number of carbonyl (C=O) groups is 2. The molecule has 0 spiro atoms. The molecule has 0 saturated carbocycles. The number of aliphatic hydroxyl groups excluding tert-OH is 1. The standard InChI is InChI=1S/C24H28N6O4/c1-13-9-15(31)11-29(13)24(33)18-12-30-22(14(18)2)20(7-8-28-30)34-16-5-6-17(19(25)10-16)21(26-3)23(32)27-4/h5-8,10,12-13,15,31H,9,11,25H2,1-4H3,(H,27,32). The van der Waals surface area contributed by atoms with Crippen LogP contribution in [0, 0.1) is 6.92 Å². The molecule has 0 radical (unpaired) electrons. The molecule has 2 aromatic heterocycles. The Hall–Kier alpha value is -3.92. The van der Waals surface area contributed by atoms with Crippen LogP contribution in [0.25, 0.3) is 5.52 Å². The lowest BCUT2D eigenvalue weighted by Crippen LogP contribution is -2.34. The summed E-state index contributed by atoms with van der Waals surface area (Å²) in [7, 11) is 3.06. The summed E-state index contributed by atoms with van der Waals surface area (Å²) >= 11 is 0. The smallest absolute Gasteiger partial charge is 0.269 e. The van der Waals surface area contributed by atoms with E-state index in [4.69, 9.17) is 10.5 Å². The van der Waals surface area contributed by atoms with Crippen molar-refractivity contribution in [2.75, 3.05) is 26.4 Å². The SMILES string of the molecule is CN=C(C(=O)NC)c1ccc(Oc2ccnn3cc(C(=O)N4CC(O)CC4C)c(C)c23)cc1N. The van der Waals surface area contributed by atoms with Gasteiger partial charge in [-0.3, -0.25) is 14.6 Å². The molecule has 1 aliphatic rings. The highest BCUT2D eigenvalue weighted by Gasteiger charge is 2.33. The number of carbonyl (C=O) groups excluding carboxylic acids is 2. The third-order valence-corrected chi connectivity index (χ3v) is 6.11. The van der Waals surface area contributed by atoms with Crippen LogP contribution in [0.15, 0.2) is 41.7 Å². The molecule has 1 aliphatic heterocycles. The first-order valence-corrected chi connectivity index (χ1v) is 11.0. The van der Waals surface area contributed by atoms with Gasteiger partial charge in [0, 0.05) is 56.3 Å². The monoisotopic (exact) mass is 464 g/mol. The predicted octanol–water partition coefficient (Wildman–Crippen LogP) is 1.78. The van der Waals surface area contributed by atoms with E-state index in [1.165, 1.54) is 14.1 Å². The number of likely N-dealkylation sites (N-methyl/N-ethyl adjacent to an activating group) is 1. The van der Waals surface area contributed by atoms with Crippen LogP contribution in [0.3, 0.4) is 0 Å². The Kier molecular flexibility index (Phi) is 6.25. The van der Waals surface area contributed by atoms with Gasteiger partial charge in [-0.2, -0.15) is 5.10 Å². The molecule has 1 fully saturated rings. The van der Waals surface area contributed by atoms with Crippen molar-refractivity contribution in [3.63, 3.8) is 0 Å². The van der Waals surface area contributed by atoms with Gasteiger partial charge in [-0.1, -0.05) is 0 Å². The summed E-state index contributed by atoms with van der Waals surface area (Å²) in [4.78, 5) is 31.0. The van der Waals surface area contributed by atoms with Crippen LogP contribution in [0.2, 0.25) is 0 Å². The Balaban J connectivity index is 1.67. The number of nitrogens with zero attached hydrogens (tertiary/aromatic N) is 4. The molecule has 4 rings (SSSR count). The number of rotatable bonds is 5. The first kappa shape index (κ1) is 23.2. The van der Waals surface area contributed by atoms with E-state index in [9.17, 15) is 14.7 Å². The van der Waals surface area contributed by atoms with E-state index >= 15 is 0 Å². The summed E-state index contributed by atoms with van der Waals surface area (Å²) in [6, 6.07) is 6.68. The normalized spacial score (nSPS) is 18.4. The molecule has 10 nitrogen and oxygen atoms in total. The summed E-state index contributed by atoms with van der Waals surface area (Å²) in [5.41, 5.74) is 9.16. The van der Waals surface area contributed by atoms with E-state index in [2.05, 4.69) is 15.4 Å². The minimum absolute atomic E-state index is 0.0403. The summed E-state index contributed by atoms with van der Waals surface area (Å²) in [6.45, 7) is 4.09. The molecule has 2 unspecified atom stereocenters. The first-order valence-electron chi connectivity index (χ1n) is 11.0. The van der Waals surface area contributed by atoms with E-state index in [1.807, 2.05) is 13.8 Å². The maximum absolute atomic E-state index is 13.2. The number of β-amino-alcohol motifs (C(OH)–C–C–N with tert-alkyl or cyclic N) is 1. The van der Waals surface area contributed by atoms with Gasteiger partial charge in [0.1, 0.15) is 17.0 Å². The number of nitrogens with one attached hydrogen (secondary N) is 1. The first-order chi connectivity index (χ1) is 16.2. The lowest BCUT2D eigenvalue weighted by atomic mass is 10.1. The van der Waals surface area contributed by atoms with Crippen LogP contribution in [0.1, 0.15) is 34.8 Å². The molecule has 0 aliphatic carbocycles. The summed E-state index contributed by atoms with van der Waals surface area (Å²) < 4.78 is 7.73. The quantitative estimate of drug-likeness (QED) is 0.389. The van der Waals surface area contributed by atoms with Crippen LogP contribution >= 0.6 is 0 Å². The van der Waals surface area contributed by atoms with Crippen LogP contribution in [0.5, 0.6) is 11.5 Å². The van der Waals surface area contributed by atoms with Crippen LogP contribution in [0.4, 0.5) is 5.69 Å². The number of likely N-dealkylation sites (tertiary alicyclic amines) is 1. The number of hydrogen-bond donors (Lipinski definition) is 3. The highest BCUT2D eigenvalue weighted by atomic mass is 16.5. The fraction of sp³-hybridized carbons (Fsp3) is 0.333. The number of fused-ring (bicyclic) bond motifs is 1. The third-order valence-electron chi connectivity index (χ3n) is 6.11. The second-order valence-corrected chi connectivity index (χ2v) is 8.35. The molecule has 34 heavy (non-hydrogen) atoms. The second-order valence-electron chi connectivity index (χ2n) is 8.35. The van der Waals surface area contributed by atoms with Gasteiger partial charge in [0.25, 0.3) is 11.8 Å². The fourth-order valence-electron chi connectivity index (χ4n) is 4.37. The van der Waals surface area contributed by atoms with E-state index in [-0.39, 0.29) is 23.6 Å². The van der Waals surface area contributed by atoms with Gasteiger partial charge in [-0.15, -0.1) is 0 Å². The number of amides is 2. The van der Waals surface area contributed by atoms with Crippen molar-refractivity contribution in [3.8, 4) is 11.5 Å². The van der Waals surface area contributed by atoms with Crippen molar-refractivity contribution in [2.45, 2.75) is 32.4 Å². The van der Waals surface area contributed by atoms with E-state index in [1.54, 1.807) is 46.1 Å². The minimum atomic E-state index is -0.511. The number of aryl methyl sites for hydroxylation is 1. The van der Waals surface area contributed by atoms with Gasteiger partial charge in [0.2, 0.25) is 0 Å². The minimum Gasteiger partial charge on any atom is -0.455 e. The maximum atomic E-state index is 13.2. The number of ether oxygens (including phenoxy) is 1. The Morgan fingerprint density at radius 3 is 2.68 bits per heavy atom. The number of aliphatic imine (C=N–C) groups is 1. The molecule has 3 aromatic rings. The molecule has 2 atom stereocenters. The number of benzene rings is 1. The zero-order chi connectivity index (χ0) is 24.6. The van der Waals surface area contributed by atoms with Crippen molar-refractivity contribution in [3.05, 3.63) is 53.3 Å². The molecule has 3 heterocycles. The van der Waals surface area contributed by atoms with Crippen molar-refractivity contribution >= 4 is 28.7 Å². The van der Waals surface area contributed by atoms with Gasteiger partial charge in [0.15, 0.2) is 5.75 Å². The van der Waals surface area contributed by atoms with Crippen LogP contribution in [-0.2, 0) is 4.79 Å². The number of nitrogen functional groups attached to an aromatic ring is 1. The highest BCUT2D eigenvalue weighted by molar-refractivity contribution is 6.46. The molecule has 4 N–H and O–H groups in total. The topological polar surface area (TPSA) is 135 Å². The second kappa shape index (κ2) is 9.14. The van der Waals surface area contributed by atoms with Crippen molar-refractivity contribution < 1.29 is 19.4 Å². The number of hydrogen-bond acceptors (Lipinski definition) is 7. The molecular weight excluding hydrogens is 436 g/mol. The predicted molar refractivity (Wildman–Crippen MR) is 129 cm³/mol. The van der Waals surface area contributed by atoms with E-state index in [0.29, 0.717) is 46.8 Å². The fourth-order valence-corrected chi connectivity index (χ4v) is 4.37. The number of nitrogens with two attached hydrogens (primary N) is 1. The summed E-state index contributed by atoms with van der Waals surface area (Å²) in [5.74, 6) is 0.488. The maximum Gasteiger partial charge on any atom is 0.269 e. The summed E-state index contributed by atoms with van der Waals surface area (Å²) in [6.07, 6.45) is 3.32.